The summed E-state index contributed by atoms with van der Waals surface area (Å²) < 4.78 is 0. The summed E-state index contributed by atoms with van der Waals surface area (Å²) in [7, 11) is 0. The molecule has 0 aliphatic carbocycles. The SMILES string of the molecule is CCC(CNC(=O)c1nc(C(C)C)ncc1Cl)CC(=O)O. The highest BCUT2D eigenvalue weighted by atomic mass is 35.5. The molecule has 0 radical (unpaired) electrons. The smallest absolute Gasteiger partial charge is 0.303 e. The molecule has 0 bridgehead atoms. The van der Waals surface area contributed by atoms with Gasteiger partial charge in [0, 0.05) is 18.9 Å². The fraction of sp³-hybridized carbons (Fsp3) is 0.571. The van der Waals surface area contributed by atoms with Crippen molar-refractivity contribution in [2.75, 3.05) is 6.54 Å². The van der Waals surface area contributed by atoms with Gasteiger partial charge in [-0.25, -0.2) is 9.97 Å². The normalized spacial score (nSPS) is 12.2. The molecule has 1 heterocycles. The Balaban J connectivity index is 2.75. The van der Waals surface area contributed by atoms with Gasteiger partial charge in [-0.15, -0.1) is 0 Å². The number of rotatable bonds is 7. The van der Waals surface area contributed by atoms with Crippen LogP contribution in [0.2, 0.25) is 5.02 Å². The Labute approximate surface area is 128 Å². The average molecular weight is 314 g/mol. The van der Waals surface area contributed by atoms with E-state index in [0.29, 0.717) is 12.2 Å². The van der Waals surface area contributed by atoms with Crippen LogP contribution in [0.5, 0.6) is 0 Å². The Bertz CT molecular complexity index is 520. The molecule has 21 heavy (non-hydrogen) atoms. The van der Waals surface area contributed by atoms with Crippen molar-refractivity contribution in [3.05, 3.63) is 22.7 Å². The second-order valence-electron chi connectivity index (χ2n) is 5.16. The number of hydrogen-bond donors (Lipinski definition) is 2. The highest BCUT2D eigenvalue weighted by Gasteiger charge is 2.17. The fourth-order valence-electron chi connectivity index (χ4n) is 1.75. The zero-order chi connectivity index (χ0) is 16.0. The maximum absolute atomic E-state index is 12.1. The van der Waals surface area contributed by atoms with Gasteiger partial charge < -0.3 is 10.4 Å². The van der Waals surface area contributed by atoms with Crippen LogP contribution in [0.4, 0.5) is 0 Å². The van der Waals surface area contributed by atoms with Crippen molar-refractivity contribution in [3.63, 3.8) is 0 Å². The molecule has 0 aliphatic rings. The van der Waals surface area contributed by atoms with Crippen molar-refractivity contribution in [1.82, 2.24) is 15.3 Å². The molecular weight excluding hydrogens is 294 g/mol. The van der Waals surface area contributed by atoms with Crippen LogP contribution in [-0.2, 0) is 4.79 Å². The summed E-state index contributed by atoms with van der Waals surface area (Å²) in [5.41, 5.74) is 0.126. The maximum Gasteiger partial charge on any atom is 0.303 e. The van der Waals surface area contributed by atoms with E-state index in [1.54, 1.807) is 0 Å². The van der Waals surface area contributed by atoms with Crippen LogP contribution in [0.3, 0.4) is 0 Å². The van der Waals surface area contributed by atoms with E-state index in [4.69, 9.17) is 16.7 Å². The Morgan fingerprint density at radius 1 is 1.43 bits per heavy atom. The number of carboxylic acids is 1. The van der Waals surface area contributed by atoms with Gasteiger partial charge in [0.2, 0.25) is 0 Å². The molecule has 0 saturated heterocycles. The summed E-state index contributed by atoms with van der Waals surface area (Å²) in [6, 6.07) is 0. The quantitative estimate of drug-likeness (QED) is 0.806. The number of nitrogens with one attached hydrogen (secondary N) is 1. The lowest BCUT2D eigenvalue weighted by Gasteiger charge is -2.14. The van der Waals surface area contributed by atoms with Crippen LogP contribution in [0.1, 0.15) is 55.8 Å². The van der Waals surface area contributed by atoms with E-state index in [-0.39, 0.29) is 35.5 Å². The topological polar surface area (TPSA) is 92.2 Å². The predicted molar refractivity (Wildman–Crippen MR) is 79.5 cm³/mol. The molecule has 0 fully saturated rings. The molecule has 7 heteroatoms. The molecule has 1 unspecified atom stereocenters. The number of aromatic nitrogens is 2. The first-order valence-electron chi connectivity index (χ1n) is 6.87. The van der Waals surface area contributed by atoms with Crippen LogP contribution in [-0.4, -0.2) is 33.5 Å². The Kier molecular flexibility index (Phi) is 6.55. The maximum atomic E-state index is 12.1. The number of hydrogen-bond acceptors (Lipinski definition) is 4. The van der Waals surface area contributed by atoms with Crippen molar-refractivity contribution in [3.8, 4) is 0 Å². The number of carbonyl (C=O) groups is 2. The summed E-state index contributed by atoms with van der Waals surface area (Å²) in [4.78, 5) is 31.1. The number of aliphatic carboxylic acids is 1. The Morgan fingerprint density at radius 2 is 2.10 bits per heavy atom. The van der Waals surface area contributed by atoms with Crippen LogP contribution < -0.4 is 5.32 Å². The minimum absolute atomic E-state index is 0.0194. The van der Waals surface area contributed by atoms with E-state index in [1.807, 2.05) is 20.8 Å². The number of carbonyl (C=O) groups excluding carboxylic acids is 1. The van der Waals surface area contributed by atoms with E-state index in [1.165, 1.54) is 6.20 Å². The third kappa shape index (κ3) is 5.30. The standard InChI is InChI=1S/C14H20ClN3O3/c1-4-9(5-11(19)20)6-17-14(21)12-10(15)7-16-13(18-12)8(2)3/h7-9H,4-6H2,1-3H3,(H,17,21)(H,19,20). The molecule has 6 nitrogen and oxygen atoms in total. The van der Waals surface area contributed by atoms with Crippen molar-refractivity contribution >= 4 is 23.5 Å². The van der Waals surface area contributed by atoms with Gasteiger partial charge in [0.1, 0.15) is 11.5 Å². The van der Waals surface area contributed by atoms with Gasteiger partial charge >= 0.3 is 5.97 Å². The van der Waals surface area contributed by atoms with E-state index < -0.39 is 11.9 Å². The van der Waals surface area contributed by atoms with Crippen molar-refractivity contribution < 1.29 is 14.7 Å². The Hall–Kier alpha value is -1.69. The predicted octanol–water partition coefficient (Wildman–Crippen LogP) is 2.48. The van der Waals surface area contributed by atoms with Gasteiger partial charge in [-0.2, -0.15) is 0 Å². The summed E-state index contributed by atoms with van der Waals surface area (Å²) in [6.07, 6.45) is 2.10. The molecule has 116 valence electrons. The second kappa shape index (κ2) is 7.93. The van der Waals surface area contributed by atoms with E-state index >= 15 is 0 Å². The molecule has 0 spiro atoms. The number of halogens is 1. The molecule has 1 rings (SSSR count). The first-order valence-corrected chi connectivity index (χ1v) is 7.25. The van der Waals surface area contributed by atoms with Gasteiger partial charge in [-0.05, 0) is 5.92 Å². The van der Waals surface area contributed by atoms with Crippen LogP contribution >= 0.6 is 11.6 Å². The zero-order valence-electron chi connectivity index (χ0n) is 12.4. The molecule has 2 N–H and O–H groups in total. The third-order valence-corrected chi connectivity index (χ3v) is 3.36. The molecule has 1 atom stereocenters. The summed E-state index contributed by atoms with van der Waals surface area (Å²) in [5, 5.41) is 11.7. The number of nitrogens with zero attached hydrogens (tertiary/aromatic N) is 2. The van der Waals surface area contributed by atoms with Crippen LogP contribution in [0.15, 0.2) is 6.20 Å². The largest absolute Gasteiger partial charge is 0.481 e. The first kappa shape index (κ1) is 17.4. The van der Waals surface area contributed by atoms with Crippen molar-refractivity contribution in [2.45, 2.75) is 39.5 Å². The molecule has 1 amide bonds. The lowest BCUT2D eigenvalue weighted by molar-refractivity contribution is -0.138. The van der Waals surface area contributed by atoms with Gasteiger partial charge in [0.15, 0.2) is 0 Å². The van der Waals surface area contributed by atoms with Gasteiger partial charge in [0.05, 0.1) is 11.2 Å². The molecular formula is C14H20ClN3O3. The molecule has 0 saturated carbocycles. The molecule has 1 aromatic rings. The van der Waals surface area contributed by atoms with Gasteiger partial charge in [-0.3, -0.25) is 9.59 Å². The second-order valence-corrected chi connectivity index (χ2v) is 5.57. The van der Waals surface area contributed by atoms with E-state index in [2.05, 4.69) is 15.3 Å². The van der Waals surface area contributed by atoms with E-state index in [0.717, 1.165) is 0 Å². The monoisotopic (exact) mass is 313 g/mol. The average Bonchev–Trinajstić information content (AvgIpc) is 2.42. The fourth-order valence-corrected chi connectivity index (χ4v) is 1.92. The van der Waals surface area contributed by atoms with Gasteiger partial charge in [-0.1, -0.05) is 38.8 Å². The molecule has 0 aliphatic heterocycles. The lowest BCUT2D eigenvalue weighted by atomic mass is 10.0. The Morgan fingerprint density at radius 3 is 2.62 bits per heavy atom. The number of amides is 1. The highest BCUT2D eigenvalue weighted by molar-refractivity contribution is 6.33. The minimum atomic E-state index is -0.877. The highest BCUT2D eigenvalue weighted by Crippen LogP contribution is 2.16. The summed E-state index contributed by atoms with van der Waals surface area (Å²) >= 11 is 5.95. The zero-order valence-corrected chi connectivity index (χ0v) is 13.1. The van der Waals surface area contributed by atoms with E-state index in [9.17, 15) is 9.59 Å². The van der Waals surface area contributed by atoms with Crippen LogP contribution in [0.25, 0.3) is 0 Å². The lowest BCUT2D eigenvalue weighted by Crippen LogP contribution is -2.31. The van der Waals surface area contributed by atoms with Crippen molar-refractivity contribution in [1.29, 1.82) is 0 Å². The van der Waals surface area contributed by atoms with Crippen LogP contribution in [0, 0.1) is 5.92 Å². The molecule has 0 aromatic carbocycles. The van der Waals surface area contributed by atoms with Crippen molar-refractivity contribution in [2.24, 2.45) is 5.92 Å². The number of carboxylic acid groups (broad SMARTS) is 1. The molecule has 1 aromatic heterocycles. The van der Waals surface area contributed by atoms with Gasteiger partial charge in [0.25, 0.3) is 5.91 Å². The third-order valence-electron chi connectivity index (χ3n) is 3.09. The minimum Gasteiger partial charge on any atom is -0.481 e. The summed E-state index contributed by atoms with van der Waals surface area (Å²) in [6.45, 7) is 6.00. The first-order chi connectivity index (χ1) is 9.85. The summed E-state index contributed by atoms with van der Waals surface area (Å²) in [5.74, 6) is -0.769.